The van der Waals surface area contributed by atoms with E-state index in [2.05, 4.69) is 30.3 Å². The van der Waals surface area contributed by atoms with E-state index in [1.54, 1.807) is 25.4 Å². The molecule has 0 aliphatic heterocycles. The number of ether oxygens (including phenoxy) is 2. The summed E-state index contributed by atoms with van der Waals surface area (Å²) < 4.78 is 35.1. The van der Waals surface area contributed by atoms with E-state index in [0.717, 1.165) is 17.1 Å². The van der Waals surface area contributed by atoms with Crippen LogP contribution in [0.1, 0.15) is 11.4 Å². The lowest BCUT2D eigenvalue weighted by Crippen LogP contribution is -2.36. The molecule has 0 saturated heterocycles. The molecule has 2 aromatic carbocycles. The fourth-order valence-electron chi connectivity index (χ4n) is 2.82. The zero-order valence-corrected chi connectivity index (χ0v) is 19.4. The van der Waals surface area contributed by atoms with Crippen molar-refractivity contribution in [1.82, 2.24) is 20.6 Å². The highest BCUT2D eigenvalue weighted by Crippen LogP contribution is 2.25. The predicted molar refractivity (Wildman–Crippen MR) is 126 cm³/mol. The lowest BCUT2D eigenvalue weighted by molar-refractivity contribution is -0.0504. The highest BCUT2D eigenvalue weighted by atomic mass is 127. The molecule has 0 saturated carbocycles. The largest absolute Gasteiger partial charge is 0.497 e. The first kappa shape index (κ1) is 24.4. The molecule has 3 rings (SSSR count). The maximum atomic E-state index is 12.7. The third-order valence-corrected chi connectivity index (χ3v) is 4.29. The number of rotatable bonds is 8. The number of aromatic amines is 1. The molecule has 0 aliphatic rings. The molecule has 1 heterocycles. The van der Waals surface area contributed by atoms with Gasteiger partial charge in [-0.25, -0.2) is 4.98 Å². The van der Waals surface area contributed by atoms with Crippen LogP contribution in [0.4, 0.5) is 8.78 Å². The first-order chi connectivity index (χ1) is 14.6. The standard InChI is InChI=1S/C21H23F2N5O2.HI/c1-24-21(26-11-15-10-16(29-2)8-9-18(15)30-20(22)23)27-13-19-25-12-17(28-19)14-6-4-3-5-7-14;/h3-10,12,20H,11,13H2,1-2H3,(H,25,28)(H2,24,26,27);1H. The molecule has 0 aliphatic carbocycles. The molecule has 10 heteroatoms. The predicted octanol–water partition coefficient (Wildman–Crippen LogP) is 4.17. The van der Waals surface area contributed by atoms with Gasteiger partial charge in [0.05, 0.1) is 25.5 Å². The second kappa shape index (κ2) is 12.1. The van der Waals surface area contributed by atoms with Crippen molar-refractivity contribution in [2.24, 2.45) is 4.99 Å². The number of benzene rings is 2. The molecule has 0 unspecified atom stereocenters. The molecule has 0 fully saturated rings. The minimum atomic E-state index is -2.91. The maximum absolute atomic E-state index is 12.7. The molecular formula is C21H24F2IN5O2. The van der Waals surface area contributed by atoms with Crippen LogP contribution in [0.25, 0.3) is 11.3 Å². The van der Waals surface area contributed by atoms with E-state index in [4.69, 9.17) is 4.74 Å². The van der Waals surface area contributed by atoms with E-state index in [0.29, 0.717) is 23.8 Å². The van der Waals surface area contributed by atoms with E-state index in [9.17, 15) is 8.78 Å². The average molecular weight is 543 g/mol. The Morgan fingerprint density at radius 3 is 2.55 bits per heavy atom. The van der Waals surface area contributed by atoms with Crippen molar-refractivity contribution in [3.05, 3.63) is 66.1 Å². The minimum Gasteiger partial charge on any atom is -0.497 e. The molecule has 0 bridgehead atoms. The summed E-state index contributed by atoms with van der Waals surface area (Å²) in [6.07, 6.45) is 1.77. The first-order valence-corrected chi connectivity index (χ1v) is 9.24. The van der Waals surface area contributed by atoms with E-state index in [1.807, 2.05) is 30.3 Å². The molecule has 0 atom stereocenters. The van der Waals surface area contributed by atoms with E-state index < -0.39 is 6.61 Å². The summed E-state index contributed by atoms with van der Waals surface area (Å²) in [5, 5.41) is 6.21. The molecule has 0 radical (unpaired) electrons. The molecule has 0 amide bonds. The Balaban J connectivity index is 0.00000341. The Morgan fingerprint density at radius 1 is 1.13 bits per heavy atom. The minimum absolute atomic E-state index is 0. The van der Waals surface area contributed by atoms with Gasteiger partial charge in [-0.2, -0.15) is 8.78 Å². The third-order valence-electron chi connectivity index (χ3n) is 4.29. The van der Waals surface area contributed by atoms with Gasteiger partial charge in [-0.05, 0) is 23.8 Å². The zero-order chi connectivity index (χ0) is 21.3. The number of aromatic nitrogens is 2. The quantitative estimate of drug-likeness (QED) is 0.226. The molecule has 166 valence electrons. The number of hydrogen-bond acceptors (Lipinski definition) is 4. The third kappa shape index (κ3) is 7.09. The average Bonchev–Trinajstić information content (AvgIpc) is 3.24. The molecule has 0 spiro atoms. The van der Waals surface area contributed by atoms with Crippen molar-refractivity contribution in [2.75, 3.05) is 14.2 Å². The maximum Gasteiger partial charge on any atom is 0.387 e. The number of guanidine groups is 1. The summed E-state index contributed by atoms with van der Waals surface area (Å²) in [5.41, 5.74) is 2.48. The summed E-state index contributed by atoms with van der Waals surface area (Å²) in [5.74, 6) is 1.84. The molecule has 7 nitrogen and oxygen atoms in total. The number of halogens is 3. The Bertz CT molecular complexity index is 983. The van der Waals surface area contributed by atoms with Gasteiger partial charge in [-0.1, -0.05) is 30.3 Å². The molecule has 3 N–H and O–H groups in total. The smallest absolute Gasteiger partial charge is 0.387 e. The van der Waals surface area contributed by atoms with Crippen LogP contribution >= 0.6 is 24.0 Å². The highest BCUT2D eigenvalue weighted by molar-refractivity contribution is 14.0. The van der Waals surface area contributed by atoms with E-state index in [-0.39, 0.29) is 36.3 Å². The molecule has 31 heavy (non-hydrogen) atoms. The summed E-state index contributed by atoms with van der Waals surface area (Å²) in [7, 11) is 3.13. The summed E-state index contributed by atoms with van der Waals surface area (Å²) in [4.78, 5) is 11.8. The number of H-pyrrole nitrogens is 1. The second-order valence-corrected chi connectivity index (χ2v) is 6.24. The molecule has 3 aromatic rings. The summed E-state index contributed by atoms with van der Waals surface area (Å²) >= 11 is 0. The number of nitrogens with one attached hydrogen (secondary N) is 3. The van der Waals surface area contributed by atoms with Gasteiger partial charge >= 0.3 is 6.61 Å². The van der Waals surface area contributed by atoms with Gasteiger partial charge in [0.15, 0.2) is 5.96 Å². The highest BCUT2D eigenvalue weighted by Gasteiger charge is 2.12. The van der Waals surface area contributed by atoms with Crippen molar-refractivity contribution < 1.29 is 18.3 Å². The molecular weight excluding hydrogens is 519 g/mol. The van der Waals surface area contributed by atoms with Crippen LogP contribution < -0.4 is 20.1 Å². The van der Waals surface area contributed by atoms with Gasteiger partial charge in [0.2, 0.25) is 0 Å². The van der Waals surface area contributed by atoms with Gasteiger partial charge < -0.3 is 25.1 Å². The topological polar surface area (TPSA) is 83.6 Å². The zero-order valence-electron chi connectivity index (χ0n) is 17.1. The summed E-state index contributed by atoms with van der Waals surface area (Å²) in [6.45, 7) is -2.29. The van der Waals surface area contributed by atoms with Crippen LogP contribution in [0.2, 0.25) is 0 Å². The SMILES string of the molecule is CN=C(NCc1ncc(-c2ccccc2)[nH]1)NCc1cc(OC)ccc1OC(F)F.I. The van der Waals surface area contributed by atoms with Crippen molar-refractivity contribution in [3.8, 4) is 22.8 Å². The Kier molecular flexibility index (Phi) is 9.50. The lowest BCUT2D eigenvalue weighted by atomic mass is 10.2. The first-order valence-electron chi connectivity index (χ1n) is 9.24. The number of alkyl halides is 2. The van der Waals surface area contributed by atoms with Crippen LogP contribution in [-0.2, 0) is 13.1 Å². The lowest BCUT2D eigenvalue weighted by Gasteiger charge is -2.15. The van der Waals surface area contributed by atoms with Gasteiger partial charge in [-0.15, -0.1) is 24.0 Å². The number of aliphatic imine (C=N–C) groups is 1. The van der Waals surface area contributed by atoms with Crippen LogP contribution in [0, 0.1) is 0 Å². The number of methoxy groups -OCH3 is 1. The Labute approximate surface area is 196 Å². The van der Waals surface area contributed by atoms with Gasteiger partial charge in [-0.3, -0.25) is 4.99 Å². The molecule has 1 aromatic heterocycles. The fourth-order valence-corrected chi connectivity index (χ4v) is 2.82. The van der Waals surface area contributed by atoms with Crippen LogP contribution in [0.5, 0.6) is 11.5 Å². The Morgan fingerprint density at radius 2 is 1.87 bits per heavy atom. The van der Waals surface area contributed by atoms with Gasteiger partial charge in [0.25, 0.3) is 0 Å². The van der Waals surface area contributed by atoms with Crippen LogP contribution in [-0.4, -0.2) is 36.7 Å². The van der Waals surface area contributed by atoms with Crippen molar-refractivity contribution in [2.45, 2.75) is 19.7 Å². The number of imidazole rings is 1. The Hall–Kier alpha value is -2.89. The van der Waals surface area contributed by atoms with Crippen LogP contribution in [0.3, 0.4) is 0 Å². The van der Waals surface area contributed by atoms with Crippen molar-refractivity contribution in [1.29, 1.82) is 0 Å². The van der Waals surface area contributed by atoms with Crippen LogP contribution in [0.15, 0.2) is 59.7 Å². The van der Waals surface area contributed by atoms with Gasteiger partial charge in [0, 0.05) is 19.2 Å². The van der Waals surface area contributed by atoms with E-state index >= 15 is 0 Å². The summed E-state index contributed by atoms with van der Waals surface area (Å²) in [6, 6.07) is 14.5. The van der Waals surface area contributed by atoms with Crippen molar-refractivity contribution in [3.63, 3.8) is 0 Å². The monoisotopic (exact) mass is 543 g/mol. The van der Waals surface area contributed by atoms with Crippen molar-refractivity contribution >= 4 is 29.9 Å². The number of hydrogen-bond donors (Lipinski definition) is 3. The normalized spacial score (nSPS) is 11.1. The fraction of sp³-hybridized carbons (Fsp3) is 0.238. The van der Waals surface area contributed by atoms with Gasteiger partial charge in [0.1, 0.15) is 17.3 Å². The second-order valence-electron chi connectivity index (χ2n) is 6.24. The van der Waals surface area contributed by atoms with E-state index in [1.165, 1.54) is 13.2 Å². The number of nitrogens with zero attached hydrogens (tertiary/aromatic N) is 2.